The van der Waals surface area contributed by atoms with Gasteiger partial charge in [0.1, 0.15) is 0 Å². The van der Waals surface area contributed by atoms with Gasteiger partial charge >= 0.3 is 5.97 Å². The molecule has 3 heteroatoms. The maximum Gasteiger partial charge on any atom is 0.328 e. The molecule has 3 rings (SSSR count). The number of carboxylic acid groups (broad SMARTS) is 1. The van der Waals surface area contributed by atoms with Crippen molar-refractivity contribution < 1.29 is 9.90 Å². The van der Waals surface area contributed by atoms with E-state index in [0.717, 1.165) is 22.0 Å². The lowest BCUT2D eigenvalue weighted by molar-refractivity contribution is -0.131. The first-order chi connectivity index (χ1) is 10.5. The van der Waals surface area contributed by atoms with Gasteiger partial charge in [0.15, 0.2) is 0 Å². The molecule has 0 aliphatic rings. The average molecular weight is 291 g/mol. The van der Waals surface area contributed by atoms with Crippen molar-refractivity contribution in [3.05, 3.63) is 65.9 Å². The molecule has 0 fully saturated rings. The van der Waals surface area contributed by atoms with E-state index in [4.69, 9.17) is 5.11 Å². The maximum atomic E-state index is 10.7. The Hall–Kier alpha value is -2.81. The van der Waals surface area contributed by atoms with E-state index in [1.165, 1.54) is 17.2 Å². The Labute approximate surface area is 129 Å². The fraction of sp³-hybridized carbons (Fsp3) is 0.105. The highest BCUT2D eigenvalue weighted by Crippen LogP contribution is 2.28. The van der Waals surface area contributed by atoms with Crippen LogP contribution in [0.3, 0.4) is 0 Å². The van der Waals surface area contributed by atoms with Gasteiger partial charge in [-0.05, 0) is 36.3 Å². The molecule has 0 spiro atoms. The summed E-state index contributed by atoms with van der Waals surface area (Å²) in [4.78, 5) is 10.7. The SMILES string of the molecule is Cc1cccc(-c2ccc3c(c2)c(/C=C\C(=O)O)cn3C)c1. The summed E-state index contributed by atoms with van der Waals surface area (Å²) in [5.41, 5.74) is 5.51. The predicted molar refractivity (Wildman–Crippen MR) is 89.8 cm³/mol. The molecule has 0 bridgehead atoms. The van der Waals surface area contributed by atoms with Crippen LogP contribution >= 0.6 is 0 Å². The van der Waals surface area contributed by atoms with Crippen molar-refractivity contribution in [1.82, 2.24) is 4.57 Å². The quantitative estimate of drug-likeness (QED) is 0.733. The number of carboxylic acids is 1. The highest BCUT2D eigenvalue weighted by atomic mass is 16.4. The van der Waals surface area contributed by atoms with Gasteiger partial charge in [-0.15, -0.1) is 0 Å². The zero-order valence-corrected chi connectivity index (χ0v) is 12.6. The van der Waals surface area contributed by atoms with Gasteiger partial charge < -0.3 is 9.67 Å². The Morgan fingerprint density at radius 3 is 2.64 bits per heavy atom. The molecule has 2 aromatic carbocycles. The third-order valence-corrected chi connectivity index (χ3v) is 3.78. The van der Waals surface area contributed by atoms with E-state index in [9.17, 15) is 4.79 Å². The molecular weight excluding hydrogens is 274 g/mol. The Balaban J connectivity index is 2.16. The first-order valence-corrected chi connectivity index (χ1v) is 7.12. The van der Waals surface area contributed by atoms with Gasteiger partial charge in [-0.1, -0.05) is 35.9 Å². The zero-order chi connectivity index (χ0) is 15.7. The number of hydrogen-bond acceptors (Lipinski definition) is 1. The molecule has 3 aromatic rings. The lowest BCUT2D eigenvalue weighted by Gasteiger charge is -2.04. The summed E-state index contributed by atoms with van der Waals surface area (Å²) in [5.74, 6) is -0.938. The molecule has 110 valence electrons. The molecular formula is C19H17NO2. The summed E-state index contributed by atoms with van der Waals surface area (Å²) in [6, 6.07) is 14.6. The summed E-state index contributed by atoms with van der Waals surface area (Å²) in [6.45, 7) is 2.07. The first-order valence-electron chi connectivity index (χ1n) is 7.12. The number of hydrogen-bond donors (Lipinski definition) is 1. The van der Waals surface area contributed by atoms with E-state index in [0.29, 0.717) is 0 Å². The van der Waals surface area contributed by atoms with Gasteiger partial charge in [-0.3, -0.25) is 0 Å². The van der Waals surface area contributed by atoms with Crippen molar-refractivity contribution in [2.75, 3.05) is 0 Å². The summed E-state index contributed by atoms with van der Waals surface area (Å²) in [7, 11) is 1.97. The number of rotatable bonds is 3. The number of nitrogens with zero attached hydrogens (tertiary/aromatic N) is 1. The van der Waals surface area contributed by atoms with E-state index in [1.54, 1.807) is 6.08 Å². The van der Waals surface area contributed by atoms with Gasteiger partial charge in [0.05, 0.1) is 0 Å². The van der Waals surface area contributed by atoms with E-state index in [-0.39, 0.29) is 0 Å². The molecule has 1 aromatic heterocycles. The van der Waals surface area contributed by atoms with Crippen LogP contribution in [0.25, 0.3) is 28.1 Å². The minimum Gasteiger partial charge on any atom is -0.478 e. The summed E-state index contributed by atoms with van der Waals surface area (Å²) < 4.78 is 2.01. The monoisotopic (exact) mass is 291 g/mol. The second kappa shape index (κ2) is 5.53. The Bertz CT molecular complexity index is 888. The second-order valence-electron chi connectivity index (χ2n) is 5.47. The van der Waals surface area contributed by atoms with Crippen LogP contribution in [0, 0.1) is 6.92 Å². The molecule has 3 nitrogen and oxygen atoms in total. The molecule has 0 atom stereocenters. The number of aryl methyl sites for hydroxylation is 2. The van der Waals surface area contributed by atoms with Crippen LogP contribution < -0.4 is 0 Å². The van der Waals surface area contributed by atoms with Crippen LogP contribution in [-0.2, 0) is 11.8 Å². The van der Waals surface area contributed by atoms with Gasteiger partial charge in [0.2, 0.25) is 0 Å². The van der Waals surface area contributed by atoms with Crippen LogP contribution in [0.1, 0.15) is 11.1 Å². The number of aromatic nitrogens is 1. The number of benzene rings is 2. The fourth-order valence-electron chi connectivity index (χ4n) is 2.72. The summed E-state index contributed by atoms with van der Waals surface area (Å²) >= 11 is 0. The molecule has 1 N–H and O–H groups in total. The third kappa shape index (κ3) is 2.66. The highest BCUT2D eigenvalue weighted by Gasteiger charge is 2.07. The van der Waals surface area contributed by atoms with Crippen molar-refractivity contribution in [2.45, 2.75) is 6.92 Å². The summed E-state index contributed by atoms with van der Waals surface area (Å²) in [5, 5.41) is 9.88. The van der Waals surface area contributed by atoms with Crippen LogP contribution in [0.2, 0.25) is 0 Å². The van der Waals surface area contributed by atoms with Crippen LogP contribution in [0.5, 0.6) is 0 Å². The molecule has 1 heterocycles. The largest absolute Gasteiger partial charge is 0.478 e. The molecule has 0 aliphatic carbocycles. The third-order valence-electron chi connectivity index (χ3n) is 3.78. The Morgan fingerprint density at radius 2 is 1.91 bits per heavy atom. The molecule has 0 radical (unpaired) electrons. The topological polar surface area (TPSA) is 42.2 Å². The fourth-order valence-corrected chi connectivity index (χ4v) is 2.72. The van der Waals surface area contributed by atoms with Crippen LogP contribution in [0.15, 0.2) is 54.7 Å². The van der Waals surface area contributed by atoms with E-state index < -0.39 is 5.97 Å². The van der Waals surface area contributed by atoms with Crippen molar-refractivity contribution in [3.8, 4) is 11.1 Å². The highest BCUT2D eigenvalue weighted by molar-refractivity contribution is 5.95. The molecule has 22 heavy (non-hydrogen) atoms. The van der Waals surface area contributed by atoms with Gasteiger partial charge in [-0.25, -0.2) is 4.79 Å². The van der Waals surface area contributed by atoms with Crippen molar-refractivity contribution in [3.63, 3.8) is 0 Å². The standard InChI is InChI=1S/C19H17NO2/c1-13-4-3-5-14(10-13)15-6-8-18-17(11-15)16(12-20(18)2)7-9-19(21)22/h3-12H,1-2H3,(H,21,22)/b9-7-. The number of carbonyl (C=O) groups is 1. The predicted octanol–water partition coefficient (Wildman–Crippen LogP) is 4.25. The van der Waals surface area contributed by atoms with E-state index in [2.05, 4.69) is 43.3 Å². The summed E-state index contributed by atoms with van der Waals surface area (Å²) in [6.07, 6.45) is 4.77. The lowest BCUT2D eigenvalue weighted by Crippen LogP contribution is -1.85. The van der Waals surface area contributed by atoms with Crippen molar-refractivity contribution in [1.29, 1.82) is 0 Å². The zero-order valence-electron chi connectivity index (χ0n) is 12.6. The van der Waals surface area contributed by atoms with E-state index in [1.807, 2.05) is 23.9 Å². The molecule has 0 amide bonds. The number of aliphatic carboxylic acids is 1. The normalized spacial score (nSPS) is 11.4. The van der Waals surface area contributed by atoms with E-state index >= 15 is 0 Å². The Kier molecular flexibility index (Phi) is 3.55. The lowest BCUT2D eigenvalue weighted by atomic mass is 10.0. The minimum absolute atomic E-state index is 0.911. The van der Waals surface area contributed by atoms with Crippen LogP contribution in [-0.4, -0.2) is 15.6 Å². The smallest absolute Gasteiger partial charge is 0.328 e. The maximum absolute atomic E-state index is 10.7. The van der Waals surface area contributed by atoms with Gasteiger partial charge in [0, 0.05) is 35.8 Å². The molecule has 0 saturated carbocycles. The van der Waals surface area contributed by atoms with Gasteiger partial charge in [-0.2, -0.15) is 0 Å². The van der Waals surface area contributed by atoms with Crippen molar-refractivity contribution >= 4 is 22.9 Å². The molecule has 0 aliphatic heterocycles. The van der Waals surface area contributed by atoms with Crippen LogP contribution in [0.4, 0.5) is 0 Å². The molecule has 0 unspecified atom stereocenters. The van der Waals surface area contributed by atoms with Gasteiger partial charge in [0.25, 0.3) is 0 Å². The first kappa shape index (κ1) is 14.1. The minimum atomic E-state index is -0.938. The Morgan fingerprint density at radius 1 is 1.14 bits per heavy atom. The molecule has 0 saturated heterocycles. The second-order valence-corrected chi connectivity index (χ2v) is 5.47. The van der Waals surface area contributed by atoms with Crippen molar-refractivity contribution in [2.24, 2.45) is 7.05 Å². The number of fused-ring (bicyclic) bond motifs is 1. The average Bonchev–Trinajstić information content (AvgIpc) is 2.81.